The molecule has 104 valence electrons. The highest BCUT2D eigenvalue weighted by atomic mass is 32.2. The van der Waals surface area contributed by atoms with Crippen molar-refractivity contribution in [2.75, 3.05) is 18.9 Å². The average Bonchev–Trinajstić information content (AvgIpc) is 2.78. The molecule has 0 saturated heterocycles. The lowest BCUT2D eigenvalue weighted by atomic mass is 9.97. The van der Waals surface area contributed by atoms with Crippen molar-refractivity contribution in [1.29, 1.82) is 0 Å². The van der Waals surface area contributed by atoms with Crippen LogP contribution in [0.15, 0.2) is 4.34 Å². The first-order valence-corrected chi connectivity index (χ1v) is 8.14. The van der Waals surface area contributed by atoms with E-state index in [0.29, 0.717) is 0 Å². The maximum absolute atomic E-state index is 9.44. The highest BCUT2D eigenvalue weighted by Crippen LogP contribution is 2.22. The van der Waals surface area contributed by atoms with Gasteiger partial charge in [0.2, 0.25) is 0 Å². The van der Waals surface area contributed by atoms with E-state index in [9.17, 15) is 5.11 Å². The van der Waals surface area contributed by atoms with Crippen molar-refractivity contribution in [2.24, 2.45) is 0 Å². The molecular formula is C12H23N3OS2. The van der Waals surface area contributed by atoms with Crippen LogP contribution in [0.1, 0.15) is 38.9 Å². The summed E-state index contributed by atoms with van der Waals surface area (Å²) in [6, 6.07) is 0. The first-order chi connectivity index (χ1) is 8.59. The van der Waals surface area contributed by atoms with Gasteiger partial charge >= 0.3 is 0 Å². The number of nitrogens with zero attached hydrogens (tertiary/aromatic N) is 2. The van der Waals surface area contributed by atoms with E-state index in [1.165, 1.54) is 11.5 Å². The molecule has 1 atom stereocenters. The predicted molar refractivity (Wildman–Crippen MR) is 78.4 cm³/mol. The molecule has 0 fully saturated rings. The summed E-state index contributed by atoms with van der Waals surface area (Å²) in [4.78, 5) is 4.32. The van der Waals surface area contributed by atoms with Gasteiger partial charge in [-0.15, -0.1) is 0 Å². The van der Waals surface area contributed by atoms with E-state index in [1.54, 1.807) is 11.8 Å². The van der Waals surface area contributed by atoms with Gasteiger partial charge in [0.05, 0.1) is 6.61 Å². The summed E-state index contributed by atoms with van der Waals surface area (Å²) in [6.07, 6.45) is 3.14. The van der Waals surface area contributed by atoms with Crippen molar-refractivity contribution >= 4 is 23.3 Å². The molecule has 18 heavy (non-hydrogen) atoms. The van der Waals surface area contributed by atoms with Gasteiger partial charge in [-0.25, -0.2) is 4.98 Å². The molecular weight excluding hydrogens is 266 g/mol. The third kappa shape index (κ3) is 5.65. The molecule has 1 unspecified atom stereocenters. The minimum Gasteiger partial charge on any atom is -0.394 e. The zero-order valence-corrected chi connectivity index (χ0v) is 13.0. The Balaban J connectivity index is 2.22. The van der Waals surface area contributed by atoms with Crippen molar-refractivity contribution in [3.8, 4) is 0 Å². The Hall–Kier alpha value is -0.170. The largest absolute Gasteiger partial charge is 0.394 e. The van der Waals surface area contributed by atoms with Crippen LogP contribution in [0.4, 0.5) is 0 Å². The van der Waals surface area contributed by atoms with Crippen LogP contribution in [0.2, 0.25) is 0 Å². The fraction of sp³-hybridized carbons (Fsp3) is 0.833. The number of nitrogens with one attached hydrogen (secondary N) is 1. The molecule has 1 aromatic rings. The quantitative estimate of drug-likeness (QED) is 0.540. The van der Waals surface area contributed by atoms with Gasteiger partial charge in [0.15, 0.2) is 4.34 Å². The Labute approximate surface area is 118 Å². The standard InChI is InChI=1S/C12H23N3OS2/c1-4-7-13-12(3,9-16)6-5-8-17-11-14-10(2)15-18-11/h13,16H,4-9H2,1-3H3. The van der Waals surface area contributed by atoms with Crippen LogP contribution in [0, 0.1) is 6.92 Å². The Morgan fingerprint density at radius 1 is 1.50 bits per heavy atom. The SMILES string of the molecule is CCCNC(C)(CO)CCCSc1nc(C)ns1. The summed E-state index contributed by atoms with van der Waals surface area (Å²) < 4.78 is 5.20. The van der Waals surface area contributed by atoms with E-state index in [1.807, 2.05) is 6.92 Å². The highest BCUT2D eigenvalue weighted by molar-refractivity contribution is 8.00. The summed E-state index contributed by atoms with van der Waals surface area (Å²) in [5.41, 5.74) is -0.145. The third-order valence-corrected chi connectivity index (χ3v) is 4.77. The predicted octanol–water partition coefficient (Wildman–Crippen LogP) is 2.47. The fourth-order valence-electron chi connectivity index (χ4n) is 1.61. The molecule has 6 heteroatoms. The van der Waals surface area contributed by atoms with Gasteiger partial charge in [-0.1, -0.05) is 18.7 Å². The molecule has 2 N–H and O–H groups in total. The molecule has 0 saturated carbocycles. The fourth-order valence-corrected chi connectivity index (χ4v) is 3.27. The normalized spacial score (nSPS) is 14.7. The van der Waals surface area contributed by atoms with E-state index < -0.39 is 0 Å². The number of aryl methyl sites for hydroxylation is 1. The van der Waals surface area contributed by atoms with Crippen LogP contribution < -0.4 is 5.32 Å². The molecule has 1 aromatic heterocycles. The Bertz CT molecular complexity index is 346. The molecule has 0 aromatic carbocycles. The number of rotatable bonds is 9. The van der Waals surface area contributed by atoms with E-state index in [2.05, 4.69) is 28.5 Å². The minimum absolute atomic E-state index is 0.145. The monoisotopic (exact) mass is 289 g/mol. The number of hydrogen-bond acceptors (Lipinski definition) is 6. The second-order valence-corrected chi connectivity index (χ2v) is 6.80. The van der Waals surface area contributed by atoms with Gasteiger partial charge in [0.1, 0.15) is 5.82 Å². The maximum atomic E-state index is 9.44. The van der Waals surface area contributed by atoms with E-state index in [0.717, 1.165) is 41.7 Å². The zero-order valence-electron chi connectivity index (χ0n) is 11.4. The number of aliphatic hydroxyl groups excluding tert-OH is 1. The number of aliphatic hydroxyl groups is 1. The summed E-state index contributed by atoms with van der Waals surface area (Å²) in [5, 5.41) is 12.9. The summed E-state index contributed by atoms with van der Waals surface area (Å²) in [5.74, 6) is 1.88. The minimum atomic E-state index is -0.145. The molecule has 0 aliphatic carbocycles. The molecule has 0 radical (unpaired) electrons. The summed E-state index contributed by atoms with van der Waals surface area (Å²) in [7, 11) is 0. The molecule has 0 aliphatic heterocycles. The molecule has 0 aliphatic rings. The molecule has 4 nitrogen and oxygen atoms in total. The molecule has 0 bridgehead atoms. The lowest BCUT2D eigenvalue weighted by Crippen LogP contribution is -2.46. The number of aromatic nitrogens is 2. The lowest BCUT2D eigenvalue weighted by molar-refractivity contribution is 0.165. The van der Waals surface area contributed by atoms with E-state index in [-0.39, 0.29) is 12.1 Å². The van der Waals surface area contributed by atoms with Crippen LogP contribution >= 0.6 is 23.3 Å². The number of hydrogen-bond donors (Lipinski definition) is 2. The van der Waals surface area contributed by atoms with Gasteiger partial charge in [-0.05, 0) is 51.2 Å². The Morgan fingerprint density at radius 3 is 2.83 bits per heavy atom. The van der Waals surface area contributed by atoms with E-state index >= 15 is 0 Å². The molecule has 0 amide bonds. The molecule has 0 spiro atoms. The zero-order chi connectivity index (χ0) is 13.4. The van der Waals surface area contributed by atoms with Gasteiger partial charge in [-0.2, -0.15) is 4.37 Å². The van der Waals surface area contributed by atoms with Crippen molar-refractivity contribution in [3.05, 3.63) is 5.82 Å². The van der Waals surface area contributed by atoms with Gasteiger partial charge < -0.3 is 10.4 Å². The first-order valence-electron chi connectivity index (χ1n) is 6.38. The summed E-state index contributed by atoms with van der Waals surface area (Å²) >= 11 is 3.22. The van der Waals surface area contributed by atoms with Crippen LogP contribution in [0.3, 0.4) is 0 Å². The van der Waals surface area contributed by atoms with Crippen LogP contribution in [-0.4, -0.2) is 38.9 Å². The smallest absolute Gasteiger partial charge is 0.170 e. The topological polar surface area (TPSA) is 58.0 Å². The van der Waals surface area contributed by atoms with Crippen molar-refractivity contribution in [3.63, 3.8) is 0 Å². The molecule has 1 heterocycles. The maximum Gasteiger partial charge on any atom is 0.170 e. The second kappa shape index (κ2) is 8.09. The van der Waals surface area contributed by atoms with Gasteiger partial charge in [0.25, 0.3) is 0 Å². The van der Waals surface area contributed by atoms with E-state index in [4.69, 9.17) is 0 Å². The second-order valence-electron chi connectivity index (χ2n) is 4.71. The van der Waals surface area contributed by atoms with Crippen molar-refractivity contribution < 1.29 is 5.11 Å². The van der Waals surface area contributed by atoms with Crippen LogP contribution in [-0.2, 0) is 0 Å². The third-order valence-electron chi connectivity index (χ3n) is 2.76. The Morgan fingerprint density at radius 2 is 2.28 bits per heavy atom. The summed E-state index contributed by atoms with van der Waals surface area (Å²) in [6.45, 7) is 7.29. The lowest BCUT2D eigenvalue weighted by Gasteiger charge is -2.28. The number of thioether (sulfide) groups is 1. The first kappa shape index (κ1) is 15.9. The molecule has 1 rings (SSSR count). The van der Waals surface area contributed by atoms with Crippen molar-refractivity contribution in [2.45, 2.75) is 49.9 Å². The van der Waals surface area contributed by atoms with Gasteiger partial charge in [0, 0.05) is 11.3 Å². The Kier molecular flexibility index (Phi) is 7.14. The average molecular weight is 289 g/mol. The van der Waals surface area contributed by atoms with Gasteiger partial charge in [-0.3, -0.25) is 0 Å². The van der Waals surface area contributed by atoms with Crippen LogP contribution in [0.5, 0.6) is 0 Å². The van der Waals surface area contributed by atoms with Crippen molar-refractivity contribution in [1.82, 2.24) is 14.7 Å². The highest BCUT2D eigenvalue weighted by Gasteiger charge is 2.21. The van der Waals surface area contributed by atoms with Crippen LogP contribution in [0.25, 0.3) is 0 Å².